The van der Waals surface area contributed by atoms with E-state index in [1.165, 1.54) is 0 Å². The number of ether oxygens (including phenoxy) is 1. The highest BCUT2D eigenvalue weighted by atomic mass is 16.5. The zero-order valence-electron chi connectivity index (χ0n) is 9.52. The second-order valence-corrected chi connectivity index (χ2v) is 3.58. The molecule has 0 aliphatic rings. The lowest BCUT2D eigenvalue weighted by atomic mass is 9.99. The van der Waals surface area contributed by atoms with Crippen molar-refractivity contribution in [2.75, 3.05) is 7.11 Å². The Morgan fingerprint density at radius 1 is 1.44 bits per heavy atom. The second-order valence-electron chi connectivity index (χ2n) is 3.58. The van der Waals surface area contributed by atoms with E-state index in [4.69, 9.17) is 17.0 Å². The standard InChI is InChI=1S/C13H18N2O/c1-3-4-10-12(15-14)13(16-2)11-8-6-5-7-9-11/h1,5-9,12-13,15H,4,10,14H2,2H3. The Kier molecular flexibility index (Phi) is 5.58. The Bertz CT molecular complexity index is 332. The van der Waals surface area contributed by atoms with Crippen molar-refractivity contribution in [3.8, 4) is 12.3 Å². The first-order valence-electron chi connectivity index (χ1n) is 5.30. The first kappa shape index (κ1) is 12.7. The minimum Gasteiger partial charge on any atom is -0.375 e. The summed E-state index contributed by atoms with van der Waals surface area (Å²) in [6.45, 7) is 0. The molecule has 0 saturated carbocycles. The van der Waals surface area contributed by atoms with Crippen LogP contribution in [0.2, 0.25) is 0 Å². The molecule has 1 aromatic rings. The van der Waals surface area contributed by atoms with Crippen LogP contribution >= 0.6 is 0 Å². The molecule has 3 N–H and O–H groups in total. The van der Waals surface area contributed by atoms with Gasteiger partial charge in [-0.1, -0.05) is 30.3 Å². The summed E-state index contributed by atoms with van der Waals surface area (Å²) in [6, 6.07) is 10.0. The predicted octanol–water partition coefficient (Wildman–Crippen LogP) is 1.62. The predicted molar refractivity (Wildman–Crippen MR) is 65.4 cm³/mol. The molecule has 3 heteroatoms. The number of benzene rings is 1. The van der Waals surface area contributed by atoms with Crippen LogP contribution in [0.5, 0.6) is 0 Å². The van der Waals surface area contributed by atoms with Gasteiger partial charge in [0.05, 0.1) is 12.1 Å². The summed E-state index contributed by atoms with van der Waals surface area (Å²) in [5, 5.41) is 0. The van der Waals surface area contributed by atoms with Crippen molar-refractivity contribution in [2.24, 2.45) is 5.84 Å². The van der Waals surface area contributed by atoms with Gasteiger partial charge in [-0.05, 0) is 12.0 Å². The summed E-state index contributed by atoms with van der Waals surface area (Å²) in [4.78, 5) is 0. The molecule has 0 saturated heterocycles. The maximum atomic E-state index is 5.53. The summed E-state index contributed by atoms with van der Waals surface area (Å²) in [6.07, 6.45) is 6.66. The fourth-order valence-electron chi connectivity index (χ4n) is 1.74. The van der Waals surface area contributed by atoms with Crippen LogP contribution in [-0.2, 0) is 4.74 Å². The number of rotatable bonds is 6. The average molecular weight is 218 g/mol. The third kappa shape index (κ3) is 3.35. The van der Waals surface area contributed by atoms with Crippen LogP contribution in [0.3, 0.4) is 0 Å². The number of nitrogens with two attached hydrogens (primary N) is 1. The van der Waals surface area contributed by atoms with E-state index in [-0.39, 0.29) is 12.1 Å². The normalized spacial score (nSPS) is 14.1. The molecule has 0 aromatic heterocycles. The Hall–Kier alpha value is -1.34. The van der Waals surface area contributed by atoms with Crippen LogP contribution in [0.15, 0.2) is 30.3 Å². The number of terminal acetylenes is 1. The summed E-state index contributed by atoms with van der Waals surface area (Å²) in [5.74, 6) is 8.14. The van der Waals surface area contributed by atoms with Gasteiger partial charge in [0.25, 0.3) is 0 Å². The fraction of sp³-hybridized carbons (Fsp3) is 0.385. The smallest absolute Gasteiger partial charge is 0.0987 e. The highest BCUT2D eigenvalue weighted by molar-refractivity contribution is 5.19. The lowest BCUT2D eigenvalue weighted by molar-refractivity contribution is 0.0654. The van der Waals surface area contributed by atoms with Gasteiger partial charge in [0, 0.05) is 13.5 Å². The topological polar surface area (TPSA) is 47.3 Å². The first-order valence-corrected chi connectivity index (χ1v) is 5.30. The van der Waals surface area contributed by atoms with Crippen molar-refractivity contribution in [2.45, 2.75) is 25.0 Å². The lowest BCUT2D eigenvalue weighted by Crippen LogP contribution is -2.40. The highest BCUT2D eigenvalue weighted by Gasteiger charge is 2.20. The Morgan fingerprint density at radius 3 is 2.62 bits per heavy atom. The molecule has 0 heterocycles. The largest absolute Gasteiger partial charge is 0.375 e. The molecule has 3 nitrogen and oxygen atoms in total. The van der Waals surface area contributed by atoms with Gasteiger partial charge >= 0.3 is 0 Å². The number of hydrogen-bond acceptors (Lipinski definition) is 3. The third-order valence-corrected chi connectivity index (χ3v) is 2.56. The Balaban J connectivity index is 2.76. The molecular weight excluding hydrogens is 200 g/mol. The first-order chi connectivity index (χ1) is 7.83. The van der Waals surface area contributed by atoms with Gasteiger partial charge in [-0.3, -0.25) is 11.3 Å². The van der Waals surface area contributed by atoms with Gasteiger partial charge in [0.2, 0.25) is 0 Å². The molecule has 1 rings (SSSR count). The molecule has 0 amide bonds. The quantitative estimate of drug-likeness (QED) is 0.433. The van der Waals surface area contributed by atoms with Crippen molar-refractivity contribution in [1.29, 1.82) is 0 Å². The third-order valence-electron chi connectivity index (χ3n) is 2.56. The summed E-state index contributed by atoms with van der Waals surface area (Å²) in [7, 11) is 1.68. The lowest BCUT2D eigenvalue weighted by Gasteiger charge is -2.25. The van der Waals surface area contributed by atoms with Crippen molar-refractivity contribution < 1.29 is 4.74 Å². The highest BCUT2D eigenvalue weighted by Crippen LogP contribution is 2.22. The van der Waals surface area contributed by atoms with Crippen molar-refractivity contribution in [1.82, 2.24) is 5.43 Å². The zero-order chi connectivity index (χ0) is 11.8. The van der Waals surface area contributed by atoms with Crippen LogP contribution in [-0.4, -0.2) is 13.2 Å². The monoisotopic (exact) mass is 218 g/mol. The minimum atomic E-state index is -0.0699. The van der Waals surface area contributed by atoms with Crippen molar-refractivity contribution in [3.05, 3.63) is 35.9 Å². The molecule has 86 valence electrons. The van der Waals surface area contributed by atoms with Gasteiger partial charge in [-0.25, -0.2) is 0 Å². The molecular formula is C13H18N2O. The average Bonchev–Trinajstić information content (AvgIpc) is 2.35. The summed E-state index contributed by atoms with van der Waals surface area (Å²) < 4.78 is 5.48. The minimum absolute atomic E-state index is 0.0310. The molecule has 0 fully saturated rings. The Morgan fingerprint density at radius 2 is 2.12 bits per heavy atom. The van der Waals surface area contributed by atoms with Gasteiger partial charge in [-0.2, -0.15) is 0 Å². The summed E-state index contributed by atoms with van der Waals surface area (Å²) >= 11 is 0. The van der Waals surface area contributed by atoms with Crippen LogP contribution in [0.25, 0.3) is 0 Å². The van der Waals surface area contributed by atoms with Gasteiger partial charge in [-0.15, -0.1) is 12.3 Å². The van der Waals surface area contributed by atoms with Gasteiger partial charge in [0.1, 0.15) is 0 Å². The number of hydrogen-bond donors (Lipinski definition) is 2. The van der Waals surface area contributed by atoms with E-state index in [2.05, 4.69) is 11.3 Å². The fourth-order valence-corrected chi connectivity index (χ4v) is 1.74. The van der Waals surface area contributed by atoms with Crippen LogP contribution in [0.1, 0.15) is 24.5 Å². The molecule has 16 heavy (non-hydrogen) atoms. The molecule has 1 aromatic carbocycles. The molecule has 0 aliphatic heterocycles. The molecule has 0 spiro atoms. The van der Waals surface area contributed by atoms with E-state index >= 15 is 0 Å². The summed E-state index contributed by atoms with van der Waals surface area (Å²) in [5.41, 5.74) is 3.87. The van der Waals surface area contributed by atoms with E-state index in [0.29, 0.717) is 6.42 Å². The maximum absolute atomic E-state index is 5.53. The molecule has 0 aliphatic carbocycles. The molecule has 2 atom stereocenters. The zero-order valence-corrected chi connectivity index (χ0v) is 9.52. The van der Waals surface area contributed by atoms with E-state index in [0.717, 1.165) is 12.0 Å². The van der Waals surface area contributed by atoms with E-state index in [1.54, 1.807) is 7.11 Å². The SMILES string of the molecule is C#CCCC(NN)C(OC)c1ccccc1. The molecule has 2 unspecified atom stereocenters. The van der Waals surface area contributed by atoms with Crippen LogP contribution in [0.4, 0.5) is 0 Å². The second kappa shape index (κ2) is 7.02. The van der Waals surface area contributed by atoms with E-state index in [1.807, 2.05) is 30.3 Å². The van der Waals surface area contributed by atoms with E-state index < -0.39 is 0 Å². The van der Waals surface area contributed by atoms with Crippen molar-refractivity contribution in [3.63, 3.8) is 0 Å². The van der Waals surface area contributed by atoms with Gasteiger partial charge in [0.15, 0.2) is 0 Å². The van der Waals surface area contributed by atoms with Crippen LogP contribution in [0, 0.1) is 12.3 Å². The van der Waals surface area contributed by atoms with E-state index in [9.17, 15) is 0 Å². The number of methoxy groups -OCH3 is 1. The van der Waals surface area contributed by atoms with Gasteiger partial charge < -0.3 is 4.74 Å². The van der Waals surface area contributed by atoms with Crippen LogP contribution < -0.4 is 11.3 Å². The number of hydrazine groups is 1. The maximum Gasteiger partial charge on any atom is 0.0987 e. The van der Waals surface area contributed by atoms with Crippen molar-refractivity contribution >= 4 is 0 Å². The molecule has 0 radical (unpaired) electrons. The molecule has 0 bridgehead atoms. The Labute approximate surface area is 97.0 Å². The number of nitrogens with one attached hydrogen (secondary N) is 1.